The van der Waals surface area contributed by atoms with E-state index in [1.54, 1.807) is 0 Å². The highest BCUT2D eigenvalue weighted by Gasteiger charge is 2.37. The quantitative estimate of drug-likeness (QED) is 0.618. The molecule has 1 aliphatic carbocycles. The predicted octanol–water partition coefficient (Wildman–Crippen LogP) is 0.990. The van der Waals surface area contributed by atoms with Crippen LogP contribution in [0.25, 0.3) is 0 Å². The van der Waals surface area contributed by atoms with E-state index in [9.17, 15) is 9.90 Å². The fourth-order valence-electron chi connectivity index (χ4n) is 1.86. The highest BCUT2D eigenvalue weighted by atomic mass is 16.4. The van der Waals surface area contributed by atoms with E-state index < -0.39 is 11.6 Å². The van der Waals surface area contributed by atoms with Gasteiger partial charge in [0.15, 0.2) is 0 Å². The number of rotatable bonds is 6. The molecular weight excluding hydrogens is 194 g/mol. The number of aliphatic hydroxyl groups is 1. The Balaban J connectivity index is 2.34. The van der Waals surface area contributed by atoms with Gasteiger partial charge in [0.2, 0.25) is 0 Å². The second kappa shape index (κ2) is 4.94. The lowest BCUT2D eigenvalue weighted by molar-refractivity contribution is -0.146. The summed E-state index contributed by atoms with van der Waals surface area (Å²) < 4.78 is 0. The van der Waals surface area contributed by atoms with Crippen molar-refractivity contribution in [3.63, 3.8) is 0 Å². The van der Waals surface area contributed by atoms with Crippen LogP contribution in [-0.2, 0) is 4.79 Å². The zero-order chi connectivity index (χ0) is 11.5. The fourth-order valence-corrected chi connectivity index (χ4v) is 1.86. The lowest BCUT2D eigenvalue weighted by Gasteiger charge is -2.37. The van der Waals surface area contributed by atoms with Crippen LogP contribution >= 0.6 is 0 Å². The molecule has 0 aromatic heterocycles. The molecule has 0 aromatic carbocycles. The summed E-state index contributed by atoms with van der Waals surface area (Å²) >= 11 is 0. The summed E-state index contributed by atoms with van der Waals surface area (Å²) in [6, 6.07) is 0.0483. The maximum atomic E-state index is 10.8. The van der Waals surface area contributed by atoms with E-state index in [-0.39, 0.29) is 12.0 Å². The first-order chi connectivity index (χ1) is 7.02. The first-order valence-corrected chi connectivity index (χ1v) is 5.71. The number of carbonyl (C=O) groups is 1. The number of hydrogen-bond acceptors (Lipinski definition) is 3. The van der Waals surface area contributed by atoms with Crippen molar-refractivity contribution in [3.8, 4) is 0 Å². The molecule has 2 unspecified atom stereocenters. The third-order valence-electron chi connectivity index (χ3n) is 3.60. The molecule has 1 saturated carbocycles. The average Bonchev–Trinajstić information content (AvgIpc) is 2.15. The van der Waals surface area contributed by atoms with Crippen LogP contribution in [0.1, 0.15) is 39.5 Å². The molecule has 0 amide bonds. The number of carboxylic acids is 1. The van der Waals surface area contributed by atoms with Gasteiger partial charge < -0.3 is 15.5 Å². The van der Waals surface area contributed by atoms with E-state index in [1.165, 1.54) is 0 Å². The molecule has 15 heavy (non-hydrogen) atoms. The lowest BCUT2D eigenvalue weighted by Crippen LogP contribution is -2.52. The number of nitrogens with one attached hydrogen (secondary N) is 1. The summed E-state index contributed by atoms with van der Waals surface area (Å²) in [5.41, 5.74) is -0.682. The molecule has 88 valence electrons. The van der Waals surface area contributed by atoms with Crippen molar-refractivity contribution in [1.82, 2.24) is 5.32 Å². The molecular formula is C11H21NO3. The summed E-state index contributed by atoms with van der Waals surface area (Å²) in [7, 11) is 0. The first kappa shape index (κ1) is 12.5. The Bertz CT molecular complexity index is 226. The Labute approximate surface area is 90.7 Å². The first-order valence-electron chi connectivity index (χ1n) is 5.71. The Kier molecular flexibility index (Phi) is 4.11. The highest BCUT2D eigenvalue weighted by Crippen LogP contribution is 2.28. The molecule has 0 spiro atoms. The van der Waals surface area contributed by atoms with Crippen LogP contribution in [0.4, 0.5) is 0 Å². The second-order valence-electron chi connectivity index (χ2n) is 4.44. The van der Waals surface area contributed by atoms with Crippen LogP contribution in [0, 0.1) is 5.92 Å². The molecule has 1 aliphatic rings. The van der Waals surface area contributed by atoms with E-state index in [0.717, 1.165) is 12.8 Å². The number of aliphatic carboxylic acids is 1. The predicted molar refractivity (Wildman–Crippen MR) is 57.7 cm³/mol. The van der Waals surface area contributed by atoms with Crippen molar-refractivity contribution in [3.05, 3.63) is 0 Å². The van der Waals surface area contributed by atoms with Crippen LogP contribution in [0.5, 0.6) is 0 Å². The molecule has 0 heterocycles. The van der Waals surface area contributed by atoms with E-state index in [1.807, 2.05) is 13.8 Å². The van der Waals surface area contributed by atoms with Gasteiger partial charge in [0.1, 0.15) is 0 Å². The van der Waals surface area contributed by atoms with Crippen molar-refractivity contribution in [2.24, 2.45) is 5.92 Å². The van der Waals surface area contributed by atoms with Crippen LogP contribution in [0.3, 0.4) is 0 Å². The SMILES string of the molecule is CCC(O)(CC)CNC1CCC1C(=O)O. The Morgan fingerprint density at radius 3 is 2.33 bits per heavy atom. The summed E-state index contributed by atoms with van der Waals surface area (Å²) in [4.78, 5) is 10.8. The molecule has 1 fully saturated rings. The molecule has 4 nitrogen and oxygen atoms in total. The van der Waals surface area contributed by atoms with E-state index in [4.69, 9.17) is 5.11 Å². The zero-order valence-electron chi connectivity index (χ0n) is 9.49. The van der Waals surface area contributed by atoms with Gasteiger partial charge in [-0.05, 0) is 25.7 Å². The molecule has 4 heteroatoms. The van der Waals surface area contributed by atoms with Crippen molar-refractivity contribution < 1.29 is 15.0 Å². The minimum absolute atomic E-state index is 0.0483. The van der Waals surface area contributed by atoms with Crippen LogP contribution in [0.15, 0.2) is 0 Å². The van der Waals surface area contributed by atoms with Gasteiger partial charge in [-0.3, -0.25) is 4.79 Å². The van der Waals surface area contributed by atoms with Gasteiger partial charge >= 0.3 is 5.97 Å². The Hall–Kier alpha value is -0.610. The van der Waals surface area contributed by atoms with Crippen LogP contribution < -0.4 is 5.32 Å². The molecule has 0 aromatic rings. The maximum Gasteiger partial charge on any atom is 0.308 e. The largest absolute Gasteiger partial charge is 0.481 e. The van der Waals surface area contributed by atoms with Gasteiger partial charge in [-0.15, -0.1) is 0 Å². The molecule has 0 radical (unpaired) electrons. The lowest BCUT2D eigenvalue weighted by atomic mass is 9.79. The van der Waals surface area contributed by atoms with E-state index in [2.05, 4.69) is 5.32 Å². The van der Waals surface area contributed by atoms with Crippen molar-refractivity contribution >= 4 is 5.97 Å². The van der Waals surface area contributed by atoms with Crippen molar-refractivity contribution in [2.75, 3.05) is 6.54 Å². The third kappa shape index (κ3) is 2.92. The molecule has 0 saturated heterocycles. The highest BCUT2D eigenvalue weighted by molar-refractivity contribution is 5.72. The number of carboxylic acid groups (broad SMARTS) is 1. The average molecular weight is 215 g/mol. The summed E-state index contributed by atoms with van der Waals surface area (Å²) in [5, 5.41) is 22.0. The molecule has 2 atom stereocenters. The normalized spacial score (nSPS) is 26.1. The fraction of sp³-hybridized carbons (Fsp3) is 0.909. The Morgan fingerprint density at radius 1 is 1.40 bits per heavy atom. The maximum absolute atomic E-state index is 10.8. The van der Waals surface area contributed by atoms with Gasteiger partial charge in [-0.1, -0.05) is 13.8 Å². The van der Waals surface area contributed by atoms with Gasteiger partial charge in [0.25, 0.3) is 0 Å². The molecule has 0 bridgehead atoms. The van der Waals surface area contributed by atoms with Gasteiger partial charge in [-0.2, -0.15) is 0 Å². The van der Waals surface area contributed by atoms with Gasteiger partial charge in [0.05, 0.1) is 11.5 Å². The third-order valence-corrected chi connectivity index (χ3v) is 3.60. The molecule has 3 N–H and O–H groups in total. The topological polar surface area (TPSA) is 69.6 Å². The van der Waals surface area contributed by atoms with Crippen LogP contribution in [0.2, 0.25) is 0 Å². The van der Waals surface area contributed by atoms with E-state index in [0.29, 0.717) is 19.4 Å². The minimum atomic E-state index is -0.727. The number of hydrogen-bond donors (Lipinski definition) is 3. The van der Waals surface area contributed by atoms with Crippen molar-refractivity contribution in [2.45, 2.75) is 51.2 Å². The minimum Gasteiger partial charge on any atom is -0.481 e. The monoisotopic (exact) mass is 215 g/mol. The summed E-state index contributed by atoms with van der Waals surface area (Å²) in [5.74, 6) is -0.988. The van der Waals surface area contributed by atoms with Crippen LogP contribution in [-0.4, -0.2) is 34.4 Å². The van der Waals surface area contributed by atoms with Gasteiger partial charge in [-0.25, -0.2) is 0 Å². The zero-order valence-corrected chi connectivity index (χ0v) is 9.49. The smallest absolute Gasteiger partial charge is 0.308 e. The second-order valence-corrected chi connectivity index (χ2v) is 4.44. The Morgan fingerprint density at radius 2 is 2.00 bits per heavy atom. The molecule has 1 rings (SSSR count). The summed E-state index contributed by atoms with van der Waals surface area (Å²) in [6.07, 6.45) is 3.05. The van der Waals surface area contributed by atoms with E-state index >= 15 is 0 Å². The van der Waals surface area contributed by atoms with Crippen molar-refractivity contribution in [1.29, 1.82) is 0 Å². The summed E-state index contributed by atoms with van der Waals surface area (Å²) in [6.45, 7) is 4.38. The molecule has 0 aliphatic heterocycles. The van der Waals surface area contributed by atoms with Gasteiger partial charge in [0, 0.05) is 12.6 Å². The standard InChI is InChI=1S/C11H21NO3/c1-3-11(15,4-2)7-12-9-6-5-8(9)10(13)14/h8-9,12,15H,3-7H2,1-2H3,(H,13,14).